The van der Waals surface area contributed by atoms with E-state index in [-0.39, 0.29) is 24.1 Å². The van der Waals surface area contributed by atoms with Crippen LogP contribution in [0, 0.1) is 10.1 Å². The lowest BCUT2D eigenvalue weighted by molar-refractivity contribution is -0.385. The highest BCUT2D eigenvalue weighted by Gasteiger charge is 2.25. The number of likely N-dealkylation sites (tertiary alicyclic amines) is 1. The van der Waals surface area contributed by atoms with Gasteiger partial charge in [-0.05, 0) is 6.42 Å². The lowest BCUT2D eigenvalue weighted by Crippen LogP contribution is -2.33. The number of benzene rings is 1. The first kappa shape index (κ1) is 12.5. The lowest BCUT2D eigenvalue weighted by Gasteiger charge is -2.15. The van der Waals surface area contributed by atoms with Crippen LogP contribution in [-0.2, 0) is 11.2 Å². The Morgan fingerprint density at radius 1 is 1.50 bits per heavy atom. The molecule has 1 amide bonds. The Balaban J connectivity index is 2.09. The summed E-state index contributed by atoms with van der Waals surface area (Å²) in [4.78, 5) is 24.0. The monoisotopic (exact) mass is 249 g/mol. The van der Waals surface area contributed by atoms with Gasteiger partial charge in [-0.1, -0.05) is 18.2 Å². The van der Waals surface area contributed by atoms with E-state index >= 15 is 0 Å². The molecule has 1 fully saturated rings. The van der Waals surface area contributed by atoms with E-state index in [0.29, 0.717) is 18.7 Å². The summed E-state index contributed by atoms with van der Waals surface area (Å²) >= 11 is 0. The molecule has 2 rings (SSSR count). The predicted octanol–water partition coefficient (Wildman–Crippen LogP) is 0.697. The Morgan fingerprint density at radius 3 is 2.83 bits per heavy atom. The molecule has 0 saturated carbocycles. The van der Waals surface area contributed by atoms with Crippen molar-refractivity contribution in [3.63, 3.8) is 0 Å². The summed E-state index contributed by atoms with van der Waals surface area (Å²) in [5, 5.41) is 10.8. The Kier molecular flexibility index (Phi) is 3.57. The van der Waals surface area contributed by atoms with Gasteiger partial charge in [0.15, 0.2) is 0 Å². The molecule has 0 aliphatic carbocycles. The Bertz CT molecular complexity index is 475. The summed E-state index contributed by atoms with van der Waals surface area (Å²) < 4.78 is 0. The van der Waals surface area contributed by atoms with Crippen molar-refractivity contribution >= 4 is 11.6 Å². The molecule has 2 N–H and O–H groups in total. The summed E-state index contributed by atoms with van der Waals surface area (Å²) in [7, 11) is 0. The van der Waals surface area contributed by atoms with Crippen LogP contribution in [-0.4, -0.2) is 34.9 Å². The van der Waals surface area contributed by atoms with Crippen LogP contribution in [0.2, 0.25) is 0 Å². The number of nitrogens with zero attached hydrogens (tertiary/aromatic N) is 2. The molecule has 1 saturated heterocycles. The highest BCUT2D eigenvalue weighted by atomic mass is 16.6. The predicted molar refractivity (Wildman–Crippen MR) is 66.0 cm³/mol. The van der Waals surface area contributed by atoms with Crippen LogP contribution in [0.5, 0.6) is 0 Å². The van der Waals surface area contributed by atoms with E-state index in [0.717, 1.165) is 6.42 Å². The zero-order chi connectivity index (χ0) is 13.1. The van der Waals surface area contributed by atoms with Gasteiger partial charge in [-0.3, -0.25) is 14.9 Å². The molecule has 6 nitrogen and oxygen atoms in total. The number of nitro groups is 1. The standard InChI is InChI=1S/C12H15N3O3/c13-10-5-6-14(8-10)12(16)7-9-3-1-2-4-11(9)15(17)18/h1-4,10H,5-8,13H2. The molecular weight excluding hydrogens is 234 g/mol. The fourth-order valence-corrected chi connectivity index (χ4v) is 2.13. The van der Waals surface area contributed by atoms with Crippen molar-refractivity contribution in [2.24, 2.45) is 5.73 Å². The van der Waals surface area contributed by atoms with Crippen molar-refractivity contribution in [3.05, 3.63) is 39.9 Å². The van der Waals surface area contributed by atoms with E-state index < -0.39 is 4.92 Å². The minimum Gasteiger partial charge on any atom is -0.341 e. The van der Waals surface area contributed by atoms with Crippen molar-refractivity contribution in [1.82, 2.24) is 4.90 Å². The molecule has 0 aromatic heterocycles. The Labute approximate surface area is 105 Å². The molecule has 6 heteroatoms. The number of hydrogen-bond donors (Lipinski definition) is 1. The third-order valence-electron chi connectivity index (χ3n) is 3.11. The van der Waals surface area contributed by atoms with Gasteiger partial charge in [-0.25, -0.2) is 0 Å². The van der Waals surface area contributed by atoms with Gasteiger partial charge in [0.1, 0.15) is 0 Å². The molecule has 1 aliphatic heterocycles. The largest absolute Gasteiger partial charge is 0.341 e. The number of carbonyl (C=O) groups excluding carboxylic acids is 1. The maximum atomic E-state index is 12.0. The number of nitrogens with two attached hydrogens (primary N) is 1. The van der Waals surface area contributed by atoms with E-state index in [9.17, 15) is 14.9 Å². The van der Waals surface area contributed by atoms with Crippen LogP contribution < -0.4 is 5.73 Å². The molecule has 1 aromatic rings. The van der Waals surface area contributed by atoms with Gasteiger partial charge in [0.25, 0.3) is 5.69 Å². The van der Waals surface area contributed by atoms with E-state index in [4.69, 9.17) is 5.73 Å². The molecule has 0 radical (unpaired) electrons. The first-order valence-electron chi connectivity index (χ1n) is 5.83. The van der Waals surface area contributed by atoms with Crippen molar-refractivity contribution < 1.29 is 9.72 Å². The third kappa shape index (κ3) is 2.65. The number of carbonyl (C=O) groups is 1. The number of hydrogen-bond acceptors (Lipinski definition) is 4. The maximum absolute atomic E-state index is 12.0. The first-order chi connectivity index (χ1) is 8.58. The second-order valence-electron chi connectivity index (χ2n) is 4.45. The van der Waals surface area contributed by atoms with Crippen molar-refractivity contribution in [3.8, 4) is 0 Å². The van der Waals surface area contributed by atoms with Gasteiger partial charge in [-0.2, -0.15) is 0 Å². The minimum absolute atomic E-state index is 0.00524. The van der Waals surface area contributed by atoms with Crippen LogP contribution in [0.4, 0.5) is 5.69 Å². The van der Waals surface area contributed by atoms with Gasteiger partial charge < -0.3 is 10.6 Å². The number of amides is 1. The number of nitro benzene ring substituents is 1. The van der Waals surface area contributed by atoms with Crippen molar-refractivity contribution in [2.75, 3.05) is 13.1 Å². The molecule has 1 aliphatic rings. The average molecular weight is 249 g/mol. The quantitative estimate of drug-likeness (QED) is 0.630. The van der Waals surface area contributed by atoms with Gasteiger partial charge in [0.05, 0.1) is 11.3 Å². The fourth-order valence-electron chi connectivity index (χ4n) is 2.13. The molecule has 1 unspecified atom stereocenters. The van der Waals surface area contributed by atoms with Crippen LogP contribution in [0.3, 0.4) is 0 Å². The second kappa shape index (κ2) is 5.14. The lowest BCUT2D eigenvalue weighted by atomic mass is 10.1. The van der Waals surface area contributed by atoms with E-state index in [1.54, 1.807) is 23.1 Å². The van der Waals surface area contributed by atoms with Crippen LogP contribution in [0.15, 0.2) is 24.3 Å². The summed E-state index contributed by atoms with van der Waals surface area (Å²) in [6.45, 7) is 1.18. The molecule has 96 valence electrons. The van der Waals surface area contributed by atoms with Crippen LogP contribution in [0.1, 0.15) is 12.0 Å². The van der Waals surface area contributed by atoms with Crippen molar-refractivity contribution in [1.29, 1.82) is 0 Å². The Morgan fingerprint density at radius 2 is 2.22 bits per heavy atom. The van der Waals surface area contributed by atoms with E-state index in [1.165, 1.54) is 6.07 Å². The summed E-state index contributed by atoms with van der Waals surface area (Å²) in [6.07, 6.45) is 0.854. The smallest absolute Gasteiger partial charge is 0.273 e. The fraction of sp³-hybridized carbons (Fsp3) is 0.417. The topological polar surface area (TPSA) is 89.5 Å². The molecule has 0 spiro atoms. The Hall–Kier alpha value is -1.95. The highest BCUT2D eigenvalue weighted by Crippen LogP contribution is 2.19. The summed E-state index contributed by atoms with van der Waals surface area (Å²) in [5.74, 6) is -0.0998. The first-order valence-corrected chi connectivity index (χ1v) is 5.83. The normalized spacial score (nSPS) is 18.9. The van der Waals surface area contributed by atoms with E-state index in [1.807, 2.05) is 0 Å². The van der Waals surface area contributed by atoms with Gasteiger partial charge in [0, 0.05) is 30.8 Å². The van der Waals surface area contributed by atoms with Crippen LogP contribution >= 0.6 is 0 Å². The summed E-state index contributed by atoms with van der Waals surface area (Å²) in [6, 6.07) is 6.35. The summed E-state index contributed by atoms with van der Waals surface area (Å²) in [5.41, 5.74) is 6.18. The SMILES string of the molecule is NC1CCN(C(=O)Cc2ccccc2[N+](=O)[O-])C1. The number of rotatable bonds is 3. The molecule has 1 atom stereocenters. The molecule has 1 aromatic carbocycles. The van der Waals surface area contributed by atoms with Gasteiger partial charge >= 0.3 is 0 Å². The molecule has 0 bridgehead atoms. The zero-order valence-electron chi connectivity index (χ0n) is 9.91. The van der Waals surface area contributed by atoms with Crippen molar-refractivity contribution in [2.45, 2.75) is 18.9 Å². The molecular formula is C12H15N3O3. The van der Waals surface area contributed by atoms with Gasteiger partial charge in [-0.15, -0.1) is 0 Å². The van der Waals surface area contributed by atoms with Crippen LogP contribution in [0.25, 0.3) is 0 Å². The average Bonchev–Trinajstić information content (AvgIpc) is 2.76. The second-order valence-corrected chi connectivity index (χ2v) is 4.45. The highest BCUT2D eigenvalue weighted by molar-refractivity contribution is 5.80. The van der Waals surface area contributed by atoms with Gasteiger partial charge in [0.2, 0.25) is 5.91 Å². The van der Waals surface area contributed by atoms with E-state index in [2.05, 4.69) is 0 Å². The zero-order valence-corrected chi connectivity index (χ0v) is 9.91. The minimum atomic E-state index is -0.460. The number of para-hydroxylation sites is 1. The molecule has 1 heterocycles. The third-order valence-corrected chi connectivity index (χ3v) is 3.11. The maximum Gasteiger partial charge on any atom is 0.273 e. The molecule has 18 heavy (non-hydrogen) atoms.